The summed E-state index contributed by atoms with van der Waals surface area (Å²) in [6, 6.07) is -1.02. The molecule has 1 aliphatic rings. The van der Waals surface area contributed by atoms with Crippen molar-refractivity contribution in [2.24, 2.45) is 0 Å². The van der Waals surface area contributed by atoms with Gasteiger partial charge >= 0.3 is 12.1 Å². The minimum atomic E-state index is -1.11. The predicted molar refractivity (Wildman–Crippen MR) is 70.6 cm³/mol. The second kappa shape index (κ2) is 7.44. The fourth-order valence-corrected chi connectivity index (χ4v) is 1.70. The number of carbonyl (C=O) groups is 2. The number of aliphatic carboxylic acids is 1. The van der Waals surface area contributed by atoms with Gasteiger partial charge in [0.15, 0.2) is 0 Å². The third-order valence-corrected chi connectivity index (χ3v) is 2.64. The number of amides is 1. The van der Waals surface area contributed by atoms with Crippen LogP contribution in [0.5, 0.6) is 0 Å². The molecule has 0 aliphatic carbocycles. The molecule has 7 heteroatoms. The Balaban J connectivity index is 2.32. The van der Waals surface area contributed by atoms with Crippen LogP contribution in [0.15, 0.2) is 0 Å². The van der Waals surface area contributed by atoms with E-state index in [-0.39, 0.29) is 19.1 Å². The molecular formula is C13H23NO6. The van der Waals surface area contributed by atoms with Crippen molar-refractivity contribution in [3.8, 4) is 0 Å². The van der Waals surface area contributed by atoms with Crippen LogP contribution >= 0.6 is 0 Å². The van der Waals surface area contributed by atoms with Crippen molar-refractivity contribution in [3.63, 3.8) is 0 Å². The number of carboxylic acid groups (broad SMARTS) is 1. The molecule has 1 fully saturated rings. The van der Waals surface area contributed by atoms with Gasteiger partial charge in [-0.15, -0.1) is 0 Å². The van der Waals surface area contributed by atoms with Crippen molar-refractivity contribution in [2.45, 2.75) is 51.4 Å². The van der Waals surface area contributed by atoms with Gasteiger partial charge in [0.2, 0.25) is 0 Å². The molecule has 1 rings (SSSR count). The summed E-state index contributed by atoms with van der Waals surface area (Å²) in [7, 11) is 0. The van der Waals surface area contributed by atoms with Crippen LogP contribution in [0.1, 0.15) is 33.6 Å². The molecule has 1 heterocycles. The molecule has 2 N–H and O–H groups in total. The summed E-state index contributed by atoms with van der Waals surface area (Å²) < 4.78 is 15.7. The van der Waals surface area contributed by atoms with Gasteiger partial charge in [0.1, 0.15) is 11.6 Å². The van der Waals surface area contributed by atoms with E-state index in [4.69, 9.17) is 19.3 Å². The lowest BCUT2D eigenvalue weighted by Gasteiger charge is -2.22. The molecular weight excluding hydrogens is 266 g/mol. The van der Waals surface area contributed by atoms with Crippen LogP contribution < -0.4 is 5.32 Å². The van der Waals surface area contributed by atoms with E-state index in [1.165, 1.54) is 0 Å². The quantitative estimate of drug-likeness (QED) is 0.762. The molecule has 0 aromatic carbocycles. The van der Waals surface area contributed by atoms with Gasteiger partial charge in [0, 0.05) is 19.6 Å². The van der Waals surface area contributed by atoms with Crippen molar-refractivity contribution in [2.75, 3.05) is 19.8 Å². The average molecular weight is 289 g/mol. The van der Waals surface area contributed by atoms with Gasteiger partial charge in [-0.1, -0.05) is 0 Å². The zero-order chi connectivity index (χ0) is 15.2. The maximum Gasteiger partial charge on any atom is 0.408 e. The van der Waals surface area contributed by atoms with Gasteiger partial charge in [-0.2, -0.15) is 0 Å². The first-order valence-corrected chi connectivity index (χ1v) is 6.69. The second-order valence-corrected chi connectivity index (χ2v) is 5.68. The minimum Gasteiger partial charge on any atom is -0.480 e. The minimum absolute atomic E-state index is 0.0194. The van der Waals surface area contributed by atoms with E-state index in [0.717, 1.165) is 6.42 Å². The first kappa shape index (κ1) is 16.7. The molecule has 0 saturated carbocycles. The van der Waals surface area contributed by atoms with E-state index in [1.807, 2.05) is 0 Å². The lowest BCUT2D eigenvalue weighted by atomic mass is 10.2. The molecule has 0 bridgehead atoms. The Morgan fingerprint density at radius 1 is 1.45 bits per heavy atom. The predicted octanol–water partition coefficient (Wildman–Crippen LogP) is 1.16. The smallest absolute Gasteiger partial charge is 0.408 e. The molecule has 1 saturated heterocycles. The lowest BCUT2D eigenvalue weighted by Crippen LogP contribution is -2.44. The number of hydrogen-bond acceptors (Lipinski definition) is 5. The molecule has 0 radical (unpaired) electrons. The molecule has 0 aromatic rings. The standard InChI is InChI=1S/C13H23NO6/c1-13(2,3)20-12(17)14-10(11(15)16)5-7-19-9-4-6-18-8-9/h9-10H,4-8H2,1-3H3,(H,14,17)(H,15,16). The number of carbonyl (C=O) groups excluding carboxylic acids is 1. The fourth-order valence-electron chi connectivity index (χ4n) is 1.70. The Labute approximate surface area is 118 Å². The summed E-state index contributed by atoms with van der Waals surface area (Å²) >= 11 is 0. The topological polar surface area (TPSA) is 94.1 Å². The molecule has 116 valence electrons. The zero-order valence-electron chi connectivity index (χ0n) is 12.2. The monoisotopic (exact) mass is 289 g/mol. The third-order valence-electron chi connectivity index (χ3n) is 2.64. The van der Waals surface area contributed by atoms with E-state index >= 15 is 0 Å². The SMILES string of the molecule is CC(C)(C)OC(=O)NC(CCOC1CCOC1)C(=O)O. The Morgan fingerprint density at radius 3 is 2.65 bits per heavy atom. The van der Waals surface area contributed by atoms with Crippen molar-refractivity contribution in [3.05, 3.63) is 0 Å². The molecule has 7 nitrogen and oxygen atoms in total. The van der Waals surface area contributed by atoms with E-state index in [9.17, 15) is 9.59 Å². The number of nitrogens with one attached hydrogen (secondary N) is 1. The van der Waals surface area contributed by atoms with Crippen molar-refractivity contribution in [1.29, 1.82) is 0 Å². The Morgan fingerprint density at radius 2 is 2.15 bits per heavy atom. The van der Waals surface area contributed by atoms with Gasteiger partial charge in [-0.25, -0.2) is 9.59 Å². The molecule has 1 aliphatic heterocycles. The largest absolute Gasteiger partial charge is 0.480 e. The van der Waals surface area contributed by atoms with Gasteiger partial charge in [0.05, 0.1) is 12.7 Å². The third kappa shape index (κ3) is 6.72. The highest BCUT2D eigenvalue weighted by Crippen LogP contribution is 2.10. The summed E-state index contributed by atoms with van der Waals surface area (Å²) in [5.41, 5.74) is -0.662. The van der Waals surface area contributed by atoms with E-state index in [1.54, 1.807) is 20.8 Å². The highest BCUT2D eigenvalue weighted by atomic mass is 16.6. The lowest BCUT2D eigenvalue weighted by molar-refractivity contribution is -0.140. The van der Waals surface area contributed by atoms with Crippen LogP contribution in [-0.4, -0.2) is 54.7 Å². The molecule has 2 atom stereocenters. The van der Waals surface area contributed by atoms with E-state index in [0.29, 0.717) is 13.2 Å². The summed E-state index contributed by atoms with van der Waals surface area (Å²) in [5.74, 6) is -1.11. The van der Waals surface area contributed by atoms with E-state index < -0.39 is 23.7 Å². The highest BCUT2D eigenvalue weighted by molar-refractivity contribution is 5.79. The van der Waals surface area contributed by atoms with Gasteiger partial charge in [-0.3, -0.25) is 0 Å². The van der Waals surface area contributed by atoms with Crippen LogP contribution in [0.2, 0.25) is 0 Å². The van der Waals surface area contributed by atoms with Gasteiger partial charge < -0.3 is 24.6 Å². The molecule has 0 spiro atoms. The van der Waals surface area contributed by atoms with Crippen LogP contribution in [0.4, 0.5) is 4.79 Å². The number of rotatable bonds is 6. The van der Waals surface area contributed by atoms with Crippen molar-refractivity contribution < 1.29 is 28.9 Å². The fraction of sp³-hybridized carbons (Fsp3) is 0.846. The maximum absolute atomic E-state index is 11.5. The maximum atomic E-state index is 11.5. The first-order chi connectivity index (χ1) is 9.28. The Kier molecular flexibility index (Phi) is 6.22. The Bertz CT molecular complexity index is 332. The van der Waals surface area contributed by atoms with Crippen LogP contribution in [0, 0.1) is 0 Å². The van der Waals surface area contributed by atoms with Gasteiger partial charge in [-0.05, 0) is 27.2 Å². The average Bonchev–Trinajstić information content (AvgIpc) is 2.77. The first-order valence-electron chi connectivity index (χ1n) is 6.69. The highest BCUT2D eigenvalue weighted by Gasteiger charge is 2.24. The zero-order valence-corrected chi connectivity index (χ0v) is 12.2. The number of hydrogen-bond donors (Lipinski definition) is 2. The van der Waals surface area contributed by atoms with Crippen LogP contribution in [0.3, 0.4) is 0 Å². The summed E-state index contributed by atoms with van der Waals surface area (Å²) in [5, 5.41) is 11.4. The molecule has 0 aromatic heterocycles. The number of ether oxygens (including phenoxy) is 3. The molecule has 1 amide bonds. The number of alkyl carbamates (subject to hydrolysis) is 1. The summed E-state index contributed by atoms with van der Waals surface area (Å²) in [6.45, 7) is 6.60. The molecule has 20 heavy (non-hydrogen) atoms. The van der Waals surface area contributed by atoms with Crippen molar-refractivity contribution >= 4 is 12.1 Å². The summed E-state index contributed by atoms with van der Waals surface area (Å²) in [6.07, 6.45) is 0.280. The Hall–Kier alpha value is -1.34. The second-order valence-electron chi connectivity index (χ2n) is 5.68. The summed E-state index contributed by atoms with van der Waals surface area (Å²) in [4.78, 5) is 22.6. The van der Waals surface area contributed by atoms with Crippen LogP contribution in [0.25, 0.3) is 0 Å². The van der Waals surface area contributed by atoms with Crippen molar-refractivity contribution in [1.82, 2.24) is 5.32 Å². The number of carboxylic acids is 1. The van der Waals surface area contributed by atoms with Gasteiger partial charge in [0.25, 0.3) is 0 Å². The van der Waals surface area contributed by atoms with Crippen LogP contribution in [-0.2, 0) is 19.0 Å². The van der Waals surface area contributed by atoms with E-state index in [2.05, 4.69) is 5.32 Å². The normalized spacial score (nSPS) is 20.4. The molecule has 2 unspecified atom stereocenters.